The molecule has 3 rings (SSSR count). The Morgan fingerprint density at radius 1 is 1.11 bits per heavy atom. The molecule has 0 aliphatic rings. The third-order valence-corrected chi connectivity index (χ3v) is 3.28. The third-order valence-electron chi connectivity index (χ3n) is 3.28. The van der Waals surface area contributed by atoms with E-state index >= 15 is 0 Å². The lowest BCUT2D eigenvalue weighted by Gasteiger charge is -1.99. The normalized spacial score (nSPS) is 10.8. The number of hydrogen-bond acceptors (Lipinski definition) is 3. The molecule has 0 saturated heterocycles. The fourth-order valence-electron chi connectivity index (χ4n) is 2.10. The van der Waals surface area contributed by atoms with Crippen molar-refractivity contribution in [2.24, 2.45) is 0 Å². The van der Waals surface area contributed by atoms with Crippen LogP contribution in [-0.4, -0.2) is 12.0 Å². The van der Waals surface area contributed by atoms with Crippen LogP contribution < -0.4 is 5.32 Å². The first-order valence-corrected chi connectivity index (χ1v) is 6.48. The van der Waals surface area contributed by atoms with Crippen molar-refractivity contribution in [1.82, 2.24) is 4.98 Å². The third kappa shape index (κ3) is 2.19. The highest BCUT2D eigenvalue weighted by molar-refractivity contribution is 5.77. The minimum Gasteiger partial charge on any atom is -0.436 e. The zero-order valence-electron chi connectivity index (χ0n) is 11.1. The van der Waals surface area contributed by atoms with Crippen LogP contribution >= 0.6 is 0 Å². The highest BCUT2D eigenvalue weighted by Crippen LogP contribution is 2.25. The molecule has 1 aromatic heterocycles. The van der Waals surface area contributed by atoms with Gasteiger partial charge in [-0.25, -0.2) is 4.98 Å². The number of anilines is 1. The minimum absolute atomic E-state index is 0.672. The van der Waals surface area contributed by atoms with E-state index in [2.05, 4.69) is 29.4 Å². The predicted molar refractivity (Wildman–Crippen MR) is 78.4 cm³/mol. The molecule has 1 heterocycles. The van der Waals surface area contributed by atoms with E-state index in [0.29, 0.717) is 5.89 Å². The Labute approximate surface area is 112 Å². The fourth-order valence-corrected chi connectivity index (χ4v) is 2.10. The lowest BCUT2D eigenvalue weighted by molar-refractivity contribution is 0.620. The summed E-state index contributed by atoms with van der Waals surface area (Å²) < 4.78 is 5.80. The number of aromatic nitrogens is 1. The summed E-state index contributed by atoms with van der Waals surface area (Å²) in [6.45, 7) is 2.14. The smallest absolute Gasteiger partial charge is 0.227 e. The molecular weight excluding hydrogens is 236 g/mol. The Kier molecular flexibility index (Phi) is 2.95. The van der Waals surface area contributed by atoms with Gasteiger partial charge in [0.2, 0.25) is 5.89 Å². The summed E-state index contributed by atoms with van der Waals surface area (Å²) in [5.41, 5.74) is 5.11. The van der Waals surface area contributed by atoms with E-state index in [-0.39, 0.29) is 0 Å². The van der Waals surface area contributed by atoms with Gasteiger partial charge in [0.15, 0.2) is 5.58 Å². The molecule has 0 radical (unpaired) electrons. The van der Waals surface area contributed by atoms with Crippen LogP contribution in [0.15, 0.2) is 46.9 Å². The Bertz CT molecular complexity index is 698. The van der Waals surface area contributed by atoms with Crippen molar-refractivity contribution in [1.29, 1.82) is 0 Å². The van der Waals surface area contributed by atoms with E-state index in [4.69, 9.17) is 4.42 Å². The monoisotopic (exact) mass is 252 g/mol. The van der Waals surface area contributed by atoms with Gasteiger partial charge in [0.05, 0.1) is 0 Å². The molecule has 0 saturated carbocycles. The van der Waals surface area contributed by atoms with Crippen molar-refractivity contribution in [2.45, 2.75) is 13.3 Å². The molecule has 96 valence electrons. The average molecular weight is 252 g/mol. The van der Waals surface area contributed by atoms with Gasteiger partial charge in [-0.05, 0) is 48.4 Å². The number of nitrogens with one attached hydrogen (secondary N) is 1. The Balaban J connectivity index is 2.04. The van der Waals surface area contributed by atoms with Crippen molar-refractivity contribution in [3.8, 4) is 11.5 Å². The molecule has 19 heavy (non-hydrogen) atoms. The Hall–Kier alpha value is -2.29. The Morgan fingerprint density at radius 3 is 2.58 bits per heavy atom. The number of nitrogens with zero attached hydrogens (tertiary/aromatic N) is 1. The predicted octanol–water partition coefficient (Wildman–Crippen LogP) is 4.10. The van der Waals surface area contributed by atoms with Crippen LogP contribution in [0.25, 0.3) is 22.6 Å². The number of aryl methyl sites for hydroxylation is 1. The van der Waals surface area contributed by atoms with Crippen LogP contribution in [0.5, 0.6) is 0 Å². The van der Waals surface area contributed by atoms with Crippen molar-refractivity contribution in [2.75, 3.05) is 12.4 Å². The summed E-state index contributed by atoms with van der Waals surface area (Å²) in [6.07, 6.45) is 1.01. The van der Waals surface area contributed by atoms with E-state index in [0.717, 1.165) is 28.8 Å². The maximum atomic E-state index is 5.80. The van der Waals surface area contributed by atoms with E-state index < -0.39 is 0 Å². The first kappa shape index (κ1) is 11.8. The van der Waals surface area contributed by atoms with Gasteiger partial charge in [-0.2, -0.15) is 0 Å². The molecule has 0 aliphatic heterocycles. The number of hydrogen-bond donors (Lipinski definition) is 1. The summed E-state index contributed by atoms with van der Waals surface area (Å²) in [7, 11) is 1.90. The summed E-state index contributed by atoms with van der Waals surface area (Å²) in [4.78, 5) is 4.56. The molecule has 3 nitrogen and oxygen atoms in total. The van der Waals surface area contributed by atoms with E-state index in [1.165, 1.54) is 5.56 Å². The second-order valence-electron chi connectivity index (χ2n) is 4.50. The fraction of sp³-hybridized carbons (Fsp3) is 0.188. The summed E-state index contributed by atoms with van der Waals surface area (Å²) >= 11 is 0. The molecule has 1 N–H and O–H groups in total. The van der Waals surface area contributed by atoms with Gasteiger partial charge >= 0.3 is 0 Å². The van der Waals surface area contributed by atoms with Gasteiger partial charge in [-0.15, -0.1) is 0 Å². The van der Waals surface area contributed by atoms with Gasteiger partial charge in [-0.3, -0.25) is 0 Å². The van der Waals surface area contributed by atoms with E-state index in [1.807, 2.05) is 37.4 Å². The number of benzene rings is 2. The first-order valence-electron chi connectivity index (χ1n) is 6.48. The molecule has 0 atom stereocenters. The number of rotatable bonds is 3. The van der Waals surface area contributed by atoms with Gasteiger partial charge in [0.1, 0.15) is 5.52 Å². The average Bonchev–Trinajstić information content (AvgIpc) is 2.90. The van der Waals surface area contributed by atoms with E-state index in [9.17, 15) is 0 Å². The number of fused-ring (bicyclic) bond motifs is 1. The molecule has 0 aliphatic carbocycles. The molecular formula is C16H16N2O. The van der Waals surface area contributed by atoms with Crippen LogP contribution in [0.4, 0.5) is 5.69 Å². The lowest BCUT2D eigenvalue weighted by Crippen LogP contribution is -1.86. The van der Waals surface area contributed by atoms with Crippen LogP contribution in [-0.2, 0) is 6.42 Å². The molecule has 3 heteroatoms. The minimum atomic E-state index is 0.672. The molecule has 0 spiro atoms. The highest BCUT2D eigenvalue weighted by atomic mass is 16.3. The SMILES string of the molecule is CCc1ccc2oc(-c3ccc(NC)cc3)nc2c1. The summed E-state index contributed by atoms with van der Waals surface area (Å²) in [5.74, 6) is 0.672. The molecule has 3 aromatic rings. The second-order valence-corrected chi connectivity index (χ2v) is 4.50. The van der Waals surface area contributed by atoms with Crippen LogP contribution in [0.1, 0.15) is 12.5 Å². The molecule has 2 aromatic carbocycles. The van der Waals surface area contributed by atoms with Crippen molar-refractivity contribution in [3.05, 3.63) is 48.0 Å². The quantitative estimate of drug-likeness (QED) is 0.762. The molecule has 0 bridgehead atoms. The topological polar surface area (TPSA) is 38.1 Å². The van der Waals surface area contributed by atoms with Crippen molar-refractivity contribution >= 4 is 16.8 Å². The second kappa shape index (κ2) is 4.76. The van der Waals surface area contributed by atoms with Gasteiger partial charge in [0, 0.05) is 18.3 Å². The zero-order chi connectivity index (χ0) is 13.2. The summed E-state index contributed by atoms with van der Waals surface area (Å²) in [6, 6.07) is 14.2. The van der Waals surface area contributed by atoms with Crippen molar-refractivity contribution < 1.29 is 4.42 Å². The van der Waals surface area contributed by atoms with Crippen LogP contribution in [0.3, 0.4) is 0 Å². The largest absolute Gasteiger partial charge is 0.436 e. The summed E-state index contributed by atoms with van der Waals surface area (Å²) in [5, 5.41) is 3.10. The standard InChI is InChI=1S/C16H16N2O/c1-3-11-4-9-15-14(10-11)18-16(19-15)12-5-7-13(17-2)8-6-12/h4-10,17H,3H2,1-2H3. The Morgan fingerprint density at radius 2 is 1.89 bits per heavy atom. The van der Waals surface area contributed by atoms with Gasteiger partial charge in [-0.1, -0.05) is 13.0 Å². The highest BCUT2D eigenvalue weighted by Gasteiger charge is 2.08. The lowest BCUT2D eigenvalue weighted by atomic mass is 10.1. The first-order chi connectivity index (χ1) is 9.30. The number of oxazole rings is 1. The van der Waals surface area contributed by atoms with Gasteiger partial charge < -0.3 is 9.73 Å². The van der Waals surface area contributed by atoms with Gasteiger partial charge in [0.25, 0.3) is 0 Å². The maximum absolute atomic E-state index is 5.80. The molecule has 0 unspecified atom stereocenters. The molecule has 0 amide bonds. The van der Waals surface area contributed by atoms with E-state index in [1.54, 1.807) is 0 Å². The van der Waals surface area contributed by atoms with Crippen molar-refractivity contribution in [3.63, 3.8) is 0 Å². The zero-order valence-corrected chi connectivity index (χ0v) is 11.1. The maximum Gasteiger partial charge on any atom is 0.227 e. The van der Waals surface area contributed by atoms with Crippen LogP contribution in [0.2, 0.25) is 0 Å². The van der Waals surface area contributed by atoms with Crippen LogP contribution in [0, 0.1) is 0 Å². The molecule has 0 fully saturated rings.